The fourth-order valence-electron chi connectivity index (χ4n) is 4.32. The molecule has 2 aromatic carbocycles. The van der Waals surface area contributed by atoms with Crippen LogP contribution in [-0.4, -0.2) is 36.0 Å². The van der Waals surface area contributed by atoms with Gasteiger partial charge < -0.3 is 4.42 Å². The summed E-state index contributed by atoms with van der Waals surface area (Å²) < 4.78 is 47.3. The van der Waals surface area contributed by atoms with Gasteiger partial charge in [0.15, 0.2) is 5.82 Å². The van der Waals surface area contributed by atoms with E-state index in [4.69, 9.17) is 16.0 Å². The van der Waals surface area contributed by atoms with Crippen LogP contribution in [-0.2, 0) is 10.0 Å². The molecule has 1 saturated heterocycles. The van der Waals surface area contributed by atoms with Crippen molar-refractivity contribution in [3.63, 3.8) is 0 Å². The Balaban J connectivity index is 1.29. The lowest BCUT2D eigenvalue weighted by atomic mass is 9.92. The molecule has 1 spiro atoms. The van der Waals surface area contributed by atoms with E-state index >= 15 is 0 Å². The molecule has 5 rings (SSSR count). The molecule has 1 aromatic heterocycles. The fraction of sp³-hybridized carbons (Fsp3) is 0.333. The molecule has 1 aliphatic carbocycles. The predicted molar refractivity (Wildman–Crippen MR) is 109 cm³/mol. The molecule has 6 nitrogen and oxygen atoms in total. The van der Waals surface area contributed by atoms with Crippen molar-refractivity contribution in [2.45, 2.75) is 30.1 Å². The van der Waals surface area contributed by atoms with Gasteiger partial charge in [0.25, 0.3) is 0 Å². The largest absolute Gasteiger partial charge is 0.420 e. The molecule has 9 heteroatoms. The molecule has 30 heavy (non-hydrogen) atoms. The topological polar surface area (TPSA) is 76.3 Å². The zero-order valence-corrected chi connectivity index (χ0v) is 17.5. The Kier molecular flexibility index (Phi) is 4.68. The van der Waals surface area contributed by atoms with Gasteiger partial charge in [-0.05, 0) is 48.9 Å². The van der Waals surface area contributed by atoms with E-state index in [2.05, 4.69) is 10.2 Å². The summed E-state index contributed by atoms with van der Waals surface area (Å²) in [5, 5.41) is 8.19. The fourth-order valence-corrected chi connectivity index (χ4v) is 6.08. The van der Waals surface area contributed by atoms with Gasteiger partial charge in [-0.15, -0.1) is 10.2 Å². The molecule has 2 heterocycles. The van der Waals surface area contributed by atoms with Crippen LogP contribution < -0.4 is 0 Å². The lowest BCUT2D eigenvalue weighted by Gasteiger charge is -2.32. The average Bonchev–Trinajstić information content (AvgIpc) is 3.22. The number of rotatable bonds is 4. The molecule has 2 fully saturated rings. The third-order valence-corrected chi connectivity index (χ3v) is 8.41. The summed E-state index contributed by atoms with van der Waals surface area (Å²) in [5.41, 5.74) is 0.842. The summed E-state index contributed by atoms with van der Waals surface area (Å²) in [5.74, 6) is 0.327. The van der Waals surface area contributed by atoms with Gasteiger partial charge in [-0.2, -0.15) is 4.31 Å². The van der Waals surface area contributed by atoms with Gasteiger partial charge in [0, 0.05) is 24.6 Å². The van der Waals surface area contributed by atoms with E-state index in [1.165, 1.54) is 22.5 Å². The molecule has 1 atom stereocenters. The van der Waals surface area contributed by atoms with Crippen LogP contribution in [0.2, 0.25) is 5.02 Å². The van der Waals surface area contributed by atoms with Gasteiger partial charge >= 0.3 is 0 Å². The van der Waals surface area contributed by atoms with Crippen LogP contribution in [0, 0.1) is 11.2 Å². The first-order valence-electron chi connectivity index (χ1n) is 9.74. The van der Waals surface area contributed by atoms with Crippen LogP contribution in [0.5, 0.6) is 0 Å². The molecule has 156 valence electrons. The normalized spacial score (nSPS) is 21.1. The van der Waals surface area contributed by atoms with E-state index in [0.29, 0.717) is 37.7 Å². The molecule has 2 aliphatic rings. The second-order valence-electron chi connectivity index (χ2n) is 7.89. The minimum Gasteiger partial charge on any atom is -0.420 e. The highest BCUT2D eigenvalue weighted by atomic mass is 35.5. The number of benzene rings is 2. The van der Waals surface area contributed by atoms with Crippen LogP contribution in [0.4, 0.5) is 4.39 Å². The maximum Gasteiger partial charge on any atom is 0.247 e. The van der Waals surface area contributed by atoms with E-state index < -0.39 is 15.8 Å². The Morgan fingerprint density at radius 2 is 1.80 bits per heavy atom. The van der Waals surface area contributed by atoms with E-state index in [9.17, 15) is 12.8 Å². The number of nitrogens with zero attached hydrogens (tertiary/aromatic N) is 3. The first-order valence-corrected chi connectivity index (χ1v) is 11.6. The van der Waals surface area contributed by atoms with Gasteiger partial charge in [-0.3, -0.25) is 0 Å². The third kappa shape index (κ3) is 3.23. The molecule has 1 aliphatic heterocycles. The zero-order chi connectivity index (χ0) is 20.9. The van der Waals surface area contributed by atoms with Crippen molar-refractivity contribution >= 4 is 21.6 Å². The van der Waals surface area contributed by atoms with Crippen LogP contribution in [0.1, 0.15) is 31.1 Å². The number of hydrogen-bond donors (Lipinski definition) is 0. The number of halogens is 2. The summed E-state index contributed by atoms with van der Waals surface area (Å²) in [6.45, 7) is 0.648. The van der Waals surface area contributed by atoms with Crippen LogP contribution in [0.15, 0.2) is 57.8 Å². The van der Waals surface area contributed by atoms with Crippen molar-refractivity contribution in [2.75, 3.05) is 13.1 Å². The van der Waals surface area contributed by atoms with Crippen molar-refractivity contribution in [3.8, 4) is 11.5 Å². The first kappa shape index (κ1) is 19.7. The Hall–Kier alpha value is -2.29. The predicted octanol–water partition coefficient (Wildman–Crippen LogP) is 4.49. The van der Waals surface area contributed by atoms with Crippen molar-refractivity contribution < 1.29 is 17.2 Å². The van der Waals surface area contributed by atoms with E-state index in [1.807, 2.05) is 30.3 Å². The van der Waals surface area contributed by atoms with Gasteiger partial charge in [0.2, 0.25) is 21.8 Å². The van der Waals surface area contributed by atoms with Crippen LogP contribution in [0.3, 0.4) is 0 Å². The van der Waals surface area contributed by atoms with Crippen molar-refractivity contribution in [1.82, 2.24) is 14.5 Å². The molecular formula is C21H19ClFN3O3S. The lowest BCUT2D eigenvalue weighted by Crippen LogP contribution is -2.39. The summed E-state index contributed by atoms with van der Waals surface area (Å²) >= 11 is 5.77. The molecule has 3 aromatic rings. The zero-order valence-electron chi connectivity index (χ0n) is 16.0. The quantitative estimate of drug-likeness (QED) is 0.589. The van der Waals surface area contributed by atoms with E-state index in [0.717, 1.165) is 12.0 Å². The maximum atomic E-state index is 14.3. The molecule has 0 amide bonds. The Morgan fingerprint density at radius 1 is 1.07 bits per heavy atom. The summed E-state index contributed by atoms with van der Waals surface area (Å²) in [7, 11) is -3.93. The smallest absolute Gasteiger partial charge is 0.247 e. The van der Waals surface area contributed by atoms with Crippen LogP contribution in [0.25, 0.3) is 11.5 Å². The summed E-state index contributed by atoms with van der Waals surface area (Å²) in [4.78, 5) is -0.372. The number of piperidine rings is 1. The van der Waals surface area contributed by atoms with Crippen molar-refractivity contribution in [3.05, 3.63) is 65.3 Å². The Bertz CT molecular complexity index is 1190. The van der Waals surface area contributed by atoms with E-state index in [-0.39, 0.29) is 21.3 Å². The SMILES string of the molecule is O=S(=O)(c1cccc(Cl)c1F)N1CCC2(CC1)C[C@@H]2c1nnc(-c2ccccc2)o1. The van der Waals surface area contributed by atoms with Crippen LogP contribution >= 0.6 is 11.6 Å². The highest BCUT2D eigenvalue weighted by molar-refractivity contribution is 7.89. The molecule has 0 radical (unpaired) electrons. The lowest BCUT2D eigenvalue weighted by molar-refractivity contribution is 0.245. The second kappa shape index (κ2) is 7.14. The standard InChI is InChI=1S/C21H19ClFN3O3S/c22-16-7-4-8-17(18(16)23)30(27,28)26-11-9-21(10-12-26)13-15(21)20-25-24-19(29-20)14-5-2-1-3-6-14/h1-8,15H,9-13H2/t15-/m1/s1. The van der Waals surface area contributed by atoms with E-state index in [1.54, 1.807) is 0 Å². The maximum absolute atomic E-state index is 14.3. The number of aromatic nitrogens is 2. The van der Waals surface area contributed by atoms with Gasteiger partial charge in [0.1, 0.15) is 4.90 Å². The molecule has 0 bridgehead atoms. The Morgan fingerprint density at radius 3 is 2.53 bits per heavy atom. The summed E-state index contributed by atoms with van der Waals surface area (Å²) in [6.07, 6.45) is 2.23. The molecular weight excluding hydrogens is 429 g/mol. The van der Waals surface area contributed by atoms with Gasteiger partial charge in [-0.25, -0.2) is 12.8 Å². The van der Waals surface area contributed by atoms with Gasteiger partial charge in [-0.1, -0.05) is 35.9 Å². The molecule has 0 unspecified atom stereocenters. The monoisotopic (exact) mass is 447 g/mol. The minimum atomic E-state index is -3.93. The van der Waals surface area contributed by atoms with Crippen molar-refractivity contribution in [1.29, 1.82) is 0 Å². The minimum absolute atomic E-state index is 0.0284. The first-order chi connectivity index (χ1) is 14.4. The number of sulfonamides is 1. The number of hydrogen-bond acceptors (Lipinski definition) is 5. The molecule has 1 saturated carbocycles. The highest BCUT2D eigenvalue weighted by Crippen LogP contribution is 2.64. The summed E-state index contributed by atoms with van der Waals surface area (Å²) in [6, 6.07) is 13.6. The Labute approximate surface area is 178 Å². The highest BCUT2D eigenvalue weighted by Gasteiger charge is 2.59. The molecule has 0 N–H and O–H groups in total. The van der Waals surface area contributed by atoms with Gasteiger partial charge in [0.05, 0.1) is 5.02 Å². The third-order valence-electron chi connectivity index (χ3n) is 6.20. The second-order valence-corrected chi connectivity index (χ2v) is 10.2. The average molecular weight is 448 g/mol. The van der Waals surface area contributed by atoms with Crippen molar-refractivity contribution in [2.24, 2.45) is 5.41 Å².